The number of carbonyl (C=O) groups is 2. The lowest BCUT2D eigenvalue weighted by Gasteiger charge is -2.14. The molecule has 24 heavy (non-hydrogen) atoms. The highest BCUT2D eigenvalue weighted by Crippen LogP contribution is 2.34. The normalized spacial score (nSPS) is 20.8. The van der Waals surface area contributed by atoms with Gasteiger partial charge >= 0.3 is 5.97 Å². The van der Waals surface area contributed by atoms with Gasteiger partial charge in [0.25, 0.3) is 0 Å². The zero-order valence-corrected chi connectivity index (χ0v) is 15.7. The van der Waals surface area contributed by atoms with Gasteiger partial charge in [-0.05, 0) is 38.0 Å². The van der Waals surface area contributed by atoms with Crippen LogP contribution in [0.15, 0.2) is 12.2 Å². The number of hydrogen-bond acceptors (Lipinski definition) is 3. The monoisotopic (exact) mass is 336 g/mol. The van der Waals surface area contributed by atoms with Crippen LogP contribution in [0, 0.1) is 11.8 Å². The summed E-state index contributed by atoms with van der Waals surface area (Å²) in [6.45, 7) is 2.24. The standard InChI is InChI=1S/C21H36O3/c1-3-4-5-6-7-10-13-18-16-17-20(22)19(18)14-11-8-9-12-15-21(23)24-2/h10,13,18-19H,3-9,11-12,14-17H2,1-2H3/b13-10+/t18-,19+/m0/s1. The van der Waals surface area contributed by atoms with Gasteiger partial charge < -0.3 is 4.74 Å². The predicted molar refractivity (Wildman–Crippen MR) is 98.8 cm³/mol. The summed E-state index contributed by atoms with van der Waals surface area (Å²) in [5, 5.41) is 0. The molecule has 0 bridgehead atoms. The second kappa shape index (κ2) is 13.2. The molecule has 0 N–H and O–H groups in total. The molecule has 0 heterocycles. The largest absolute Gasteiger partial charge is 0.469 e. The fourth-order valence-electron chi connectivity index (χ4n) is 3.59. The first-order valence-electron chi connectivity index (χ1n) is 9.95. The first kappa shape index (κ1) is 20.9. The van der Waals surface area contributed by atoms with Crippen molar-refractivity contribution < 1.29 is 14.3 Å². The Morgan fingerprint density at radius 1 is 1.12 bits per heavy atom. The van der Waals surface area contributed by atoms with Crippen LogP contribution in [-0.4, -0.2) is 18.9 Å². The Bertz CT molecular complexity index is 387. The highest BCUT2D eigenvalue weighted by atomic mass is 16.5. The molecular formula is C21H36O3. The molecule has 0 amide bonds. The molecule has 0 aliphatic heterocycles. The maximum atomic E-state index is 12.1. The van der Waals surface area contributed by atoms with Gasteiger partial charge in [-0.1, -0.05) is 57.6 Å². The van der Waals surface area contributed by atoms with Gasteiger partial charge in [-0.3, -0.25) is 9.59 Å². The Hall–Kier alpha value is -1.12. The Balaban J connectivity index is 2.17. The van der Waals surface area contributed by atoms with Gasteiger partial charge in [-0.2, -0.15) is 0 Å². The molecule has 0 spiro atoms. The summed E-state index contributed by atoms with van der Waals surface area (Å²) in [4.78, 5) is 23.2. The maximum Gasteiger partial charge on any atom is 0.305 e. The van der Waals surface area contributed by atoms with E-state index in [1.165, 1.54) is 32.8 Å². The van der Waals surface area contributed by atoms with E-state index in [1.807, 2.05) is 0 Å². The van der Waals surface area contributed by atoms with Gasteiger partial charge in [-0.25, -0.2) is 0 Å². The minimum atomic E-state index is -0.120. The average molecular weight is 337 g/mol. The summed E-state index contributed by atoms with van der Waals surface area (Å²) in [6, 6.07) is 0. The Morgan fingerprint density at radius 2 is 1.88 bits per heavy atom. The predicted octanol–water partition coefficient (Wildman–Crippen LogP) is 5.62. The van der Waals surface area contributed by atoms with Crippen LogP contribution < -0.4 is 0 Å². The zero-order valence-electron chi connectivity index (χ0n) is 15.7. The Morgan fingerprint density at radius 3 is 2.62 bits per heavy atom. The van der Waals surface area contributed by atoms with Gasteiger partial charge in [0.1, 0.15) is 5.78 Å². The molecule has 3 nitrogen and oxygen atoms in total. The maximum absolute atomic E-state index is 12.1. The number of esters is 1. The molecule has 1 rings (SSSR count). The van der Waals surface area contributed by atoms with Crippen LogP contribution in [0.25, 0.3) is 0 Å². The van der Waals surface area contributed by atoms with Gasteiger partial charge in [0.15, 0.2) is 0 Å². The van der Waals surface area contributed by atoms with E-state index < -0.39 is 0 Å². The van der Waals surface area contributed by atoms with Crippen molar-refractivity contribution in [2.24, 2.45) is 11.8 Å². The van der Waals surface area contributed by atoms with Crippen molar-refractivity contribution in [3.63, 3.8) is 0 Å². The second-order valence-electron chi connectivity index (χ2n) is 7.08. The van der Waals surface area contributed by atoms with Crippen molar-refractivity contribution in [1.29, 1.82) is 0 Å². The molecule has 138 valence electrons. The van der Waals surface area contributed by atoms with Crippen molar-refractivity contribution >= 4 is 11.8 Å². The lowest BCUT2D eigenvalue weighted by molar-refractivity contribution is -0.140. The van der Waals surface area contributed by atoms with Crippen molar-refractivity contribution in [3.05, 3.63) is 12.2 Å². The molecule has 3 heteroatoms. The van der Waals surface area contributed by atoms with E-state index in [4.69, 9.17) is 0 Å². The van der Waals surface area contributed by atoms with Gasteiger partial charge in [-0.15, -0.1) is 0 Å². The summed E-state index contributed by atoms with van der Waals surface area (Å²) in [7, 11) is 1.44. The Kier molecular flexibility index (Phi) is 11.5. The van der Waals surface area contributed by atoms with E-state index in [1.54, 1.807) is 0 Å². The van der Waals surface area contributed by atoms with Crippen molar-refractivity contribution in [1.82, 2.24) is 0 Å². The van der Waals surface area contributed by atoms with Crippen molar-refractivity contribution in [2.45, 2.75) is 90.4 Å². The molecule has 0 aromatic carbocycles. The fraction of sp³-hybridized carbons (Fsp3) is 0.810. The topological polar surface area (TPSA) is 43.4 Å². The average Bonchev–Trinajstić information content (AvgIpc) is 2.94. The number of rotatable bonds is 13. The number of methoxy groups -OCH3 is 1. The first-order chi connectivity index (χ1) is 11.7. The number of Topliss-reactive ketones (excluding diaryl/α,β-unsaturated/α-hetero) is 1. The fourth-order valence-corrected chi connectivity index (χ4v) is 3.59. The molecule has 0 saturated heterocycles. The first-order valence-corrected chi connectivity index (χ1v) is 9.95. The van der Waals surface area contributed by atoms with Crippen molar-refractivity contribution in [3.8, 4) is 0 Å². The molecule has 1 aliphatic carbocycles. The number of ketones is 1. The lowest BCUT2D eigenvalue weighted by atomic mass is 9.89. The third-order valence-electron chi connectivity index (χ3n) is 5.14. The summed E-state index contributed by atoms with van der Waals surface area (Å²) >= 11 is 0. The smallest absolute Gasteiger partial charge is 0.305 e. The van der Waals surface area contributed by atoms with E-state index in [9.17, 15) is 9.59 Å². The van der Waals surface area contributed by atoms with Gasteiger partial charge in [0.05, 0.1) is 7.11 Å². The summed E-state index contributed by atoms with van der Waals surface area (Å²) in [5.41, 5.74) is 0. The second-order valence-corrected chi connectivity index (χ2v) is 7.08. The SMILES string of the molecule is CCCCCC/C=C/[C@H]1CCC(=O)[C@@H]1CCCCCCC(=O)OC. The van der Waals surface area contributed by atoms with Crippen LogP contribution in [0.1, 0.15) is 90.4 Å². The minimum Gasteiger partial charge on any atom is -0.469 e. The molecule has 2 atom stereocenters. The van der Waals surface area contributed by atoms with Gasteiger partial charge in [0, 0.05) is 18.8 Å². The third-order valence-corrected chi connectivity index (χ3v) is 5.14. The number of carbonyl (C=O) groups excluding carboxylic acids is 2. The quantitative estimate of drug-likeness (QED) is 0.249. The van der Waals surface area contributed by atoms with E-state index in [2.05, 4.69) is 23.8 Å². The Labute approximate surface area is 148 Å². The van der Waals surface area contributed by atoms with Crippen LogP contribution in [0.4, 0.5) is 0 Å². The number of ether oxygens (including phenoxy) is 1. The molecule has 1 fully saturated rings. The molecule has 0 radical (unpaired) electrons. The molecule has 1 aliphatic rings. The molecular weight excluding hydrogens is 300 g/mol. The van der Waals surface area contributed by atoms with Crippen LogP contribution >= 0.6 is 0 Å². The zero-order chi connectivity index (χ0) is 17.6. The van der Waals surface area contributed by atoms with E-state index in [0.717, 1.165) is 51.4 Å². The van der Waals surface area contributed by atoms with E-state index in [0.29, 0.717) is 18.1 Å². The lowest BCUT2D eigenvalue weighted by Crippen LogP contribution is -2.13. The third kappa shape index (κ3) is 8.65. The van der Waals surface area contributed by atoms with Crippen LogP contribution in [0.3, 0.4) is 0 Å². The van der Waals surface area contributed by atoms with Crippen LogP contribution in [-0.2, 0) is 14.3 Å². The molecule has 0 unspecified atom stereocenters. The number of hydrogen-bond donors (Lipinski definition) is 0. The van der Waals surface area contributed by atoms with E-state index in [-0.39, 0.29) is 11.9 Å². The molecule has 0 aromatic rings. The van der Waals surface area contributed by atoms with Gasteiger partial charge in [0.2, 0.25) is 0 Å². The highest BCUT2D eigenvalue weighted by Gasteiger charge is 2.31. The molecule has 0 aromatic heterocycles. The molecule has 1 saturated carbocycles. The number of unbranched alkanes of at least 4 members (excludes halogenated alkanes) is 7. The summed E-state index contributed by atoms with van der Waals surface area (Å²) < 4.78 is 4.64. The highest BCUT2D eigenvalue weighted by molar-refractivity contribution is 5.83. The minimum absolute atomic E-state index is 0.120. The summed E-state index contributed by atoms with van der Waals surface area (Å²) in [6.07, 6.45) is 18.5. The van der Waals surface area contributed by atoms with E-state index >= 15 is 0 Å². The van der Waals surface area contributed by atoms with Crippen molar-refractivity contribution in [2.75, 3.05) is 7.11 Å². The van der Waals surface area contributed by atoms with Crippen LogP contribution in [0.5, 0.6) is 0 Å². The summed E-state index contributed by atoms with van der Waals surface area (Å²) in [5.74, 6) is 1.06. The number of allylic oxidation sites excluding steroid dienone is 2. The van der Waals surface area contributed by atoms with Crippen LogP contribution in [0.2, 0.25) is 0 Å².